The summed E-state index contributed by atoms with van der Waals surface area (Å²) >= 11 is 0. The first-order chi connectivity index (χ1) is 8.74. The van der Waals surface area contributed by atoms with Gasteiger partial charge in [0.25, 0.3) is 0 Å². The molecule has 0 spiro atoms. The minimum Gasteiger partial charge on any atom is -0.341 e. The molecule has 1 amide bonds. The number of hydrogen-bond donors (Lipinski definition) is 1. The Bertz CT molecular complexity index is 288. The van der Waals surface area contributed by atoms with Crippen LogP contribution in [-0.4, -0.2) is 36.0 Å². The van der Waals surface area contributed by atoms with Crippen LogP contribution in [0.5, 0.6) is 0 Å². The van der Waals surface area contributed by atoms with Gasteiger partial charge in [0.2, 0.25) is 5.91 Å². The lowest BCUT2D eigenvalue weighted by Crippen LogP contribution is -2.51. The molecular weight excluding hydrogens is 224 g/mol. The molecule has 1 N–H and O–H groups in total. The van der Waals surface area contributed by atoms with E-state index in [0.717, 1.165) is 31.0 Å². The zero-order valence-electron chi connectivity index (χ0n) is 11.5. The SMILES string of the molecule is CCC(=O)N1CC(CC2CC2)CC(NC2CC2)C1. The van der Waals surface area contributed by atoms with Gasteiger partial charge in [-0.3, -0.25) is 4.79 Å². The van der Waals surface area contributed by atoms with E-state index < -0.39 is 0 Å². The molecule has 18 heavy (non-hydrogen) atoms. The van der Waals surface area contributed by atoms with Crippen molar-refractivity contribution in [2.24, 2.45) is 11.8 Å². The summed E-state index contributed by atoms with van der Waals surface area (Å²) in [6.45, 7) is 3.95. The van der Waals surface area contributed by atoms with Crippen molar-refractivity contribution >= 4 is 5.91 Å². The molecule has 1 heterocycles. The second-order valence-corrected chi connectivity index (χ2v) is 6.57. The Balaban J connectivity index is 1.57. The third-order valence-electron chi connectivity index (χ3n) is 4.60. The minimum atomic E-state index is 0.345. The Kier molecular flexibility index (Phi) is 3.60. The molecule has 3 nitrogen and oxygen atoms in total. The zero-order valence-corrected chi connectivity index (χ0v) is 11.5. The summed E-state index contributed by atoms with van der Waals surface area (Å²) in [4.78, 5) is 14.1. The predicted molar refractivity (Wildman–Crippen MR) is 72.3 cm³/mol. The van der Waals surface area contributed by atoms with E-state index in [-0.39, 0.29) is 0 Å². The van der Waals surface area contributed by atoms with Crippen LogP contribution in [-0.2, 0) is 4.79 Å². The van der Waals surface area contributed by atoms with Crippen molar-refractivity contribution in [3.8, 4) is 0 Å². The van der Waals surface area contributed by atoms with Crippen molar-refractivity contribution in [1.29, 1.82) is 0 Å². The number of carbonyl (C=O) groups is 1. The fourth-order valence-corrected chi connectivity index (χ4v) is 3.33. The van der Waals surface area contributed by atoms with Crippen LogP contribution in [0.3, 0.4) is 0 Å². The van der Waals surface area contributed by atoms with Crippen LogP contribution in [0.15, 0.2) is 0 Å². The van der Waals surface area contributed by atoms with Gasteiger partial charge in [-0.15, -0.1) is 0 Å². The molecule has 0 radical (unpaired) electrons. The molecular formula is C15H26N2O. The average Bonchev–Trinajstić information content (AvgIpc) is 3.24. The highest BCUT2D eigenvalue weighted by Gasteiger charge is 2.35. The second-order valence-electron chi connectivity index (χ2n) is 6.57. The van der Waals surface area contributed by atoms with Gasteiger partial charge in [-0.2, -0.15) is 0 Å². The Morgan fingerprint density at radius 1 is 1.11 bits per heavy atom. The number of hydrogen-bond acceptors (Lipinski definition) is 2. The standard InChI is InChI=1S/C15H26N2O/c1-2-15(18)17-9-12(7-11-3-4-11)8-14(10-17)16-13-5-6-13/h11-14,16H,2-10H2,1H3. The molecule has 0 aromatic carbocycles. The Morgan fingerprint density at radius 2 is 1.89 bits per heavy atom. The van der Waals surface area contributed by atoms with Crippen molar-refractivity contribution in [3.05, 3.63) is 0 Å². The van der Waals surface area contributed by atoms with Gasteiger partial charge < -0.3 is 10.2 Å². The third-order valence-corrected chi connectivity index (χ3v) is 4.60. The molecule has 2 aliphatic carbocycles. The van der Waals surface area contributed by atoms with E-state index in [1.54, 1.807) is 0 Å². The van der Waals surface area contributed by atoms with Crippen LogP contribution in [0.2, 0.25) is 0 Å². The zero-order chi connectivity index (χ0) is 12.5. The monoisotopic (exact) mass is 250 g/mol. The quantitative estimate of drug-likeness (QED) is 0.811. The average molecular weight is 250 g/mol. The first-order valence-electron chi connectivity index (χ1n) is 7.78. The van der Waals surface area contributed by atoms with Gasteiger partial charge in [-0.1, -0.05) is 19.8 Å². The molecule has 102 valence electrons. The van der Waals surface area contributed by atoms with Gasteiger partial charge in [0, 0.05) is 31.6 Å². The highest BCUT2D eigenvalue weighted by molar-refractivity contribution is 5.76. The summed E-state index contributed by atoms with van der Waals surface area (Å²) in [5.41, 5.74) is 0. The van der Waals surface area contributed by atoms with Crippen molar-refractivity contribution in [2.75, 3.05) is 13.1 Å². The fraction of sp³-hybridized carbons (Fsp3) is 0.933. The molecule has 2 saturated carbocycles. The number of nitrogens with one attached hydrogen (secondary N) is 1. The second kappa shape index (κ2) is 5.20. The molecule has 3 aliphatic rings. The summed E-state index contributed by atoms with van der Waals surface area (Å²) in [6, 6.07) is 1.32. The minimum absolute atomic E-state index is 0.345. The molecule has 3 rings (SSSR count). The number of amides is 1. The van der Waals surface area contributed by atoms with E-state index >= 15 is 0 Å². The summed E-state index contributed by atoms with van der Waals surface area (Å²) in [7, 11) is 0. The van der Waals surface area contributed by atoms with Crippen LogP contribution in [0.25, 0.3) is 0 Å². The molecule has 2 atom stereocenters. The van der Waals surface area contributed by atoms with Gasteiger partial charge in [-0.25, -0.2) is 0 Å². The number of rotatable bonds is 5. The maximum Gasteiger partial charge on any atom is 0.222 e. The van der Waals surface area contributed by atoms with Crippen LogP contribution in [0.4, 0.5) is 0 Å². The maximum atomic E-state index is 12.0. The van der Waals surface area contributed by atoms with Gasteiger partial charge in [0.1, 0.15) is 0 Å². The molecule has 3 heteroatoms. The number of likely N-dealkylation sites (tertiary alicyclic amines) is 1. The predicted octanol–water partition coefficient (Wildman–Crippen LogP) is 2.17. The molecule has 0 aromatic heterocycles. The number of nitrogens with zero attached hydrogens (tertiary/aromatic N) is 1. The molecule has 3 fully saturated rings. The summed E-state index contributed by atoms with van der Waals surface area (Å²) < 4.78 is 0. The van der Waals surface area contributed by atoms with E-state index in [1.807, 2.05) is 6.92 Å². The summed E-state index contributed by atoms with van der Waals surface area (Å²) in [5, 5.41) is 3.73. The molecule has 1 saturated heterocycles. The highest BCUT2D eigenvalue weighted by atomic mass is 16.2. The number of piperidine rings is 1. The maximum absolute atomic E-state index is 12.0. The Morgan fingerprint density at radius 3 is 2.50 bits per heavy atom. The van der Waals surface area contributed by atoms with Gasteiger partial charge in [0.15, 0.2) is 0 Å². The Labute approximate surface area is 110 Å². The highest BCUT2D eigenvalue weighted by Crippen LogP contribution is 2.38. The van der Waals surface area contributed by atoms with E-state index in [4.69, 9.17) is 0 Å². The first kappa shape index (κ1) is 12.5. The molecule has 1 aliphatic heterocycles. The summed E-state index contributed by atoms with van der Waals surface area (Å²) in [6.07, 6.45) is 8.85. The normalized spacial score (nSPS) is 32.6. The smallest absolute Gasteiger partial charge is 0.222 e. The molecule has 0 aromatic rings. The van der Waals surface area contributed by atoms with Crippen LogP contribution in [0.1, 0.15) is 51.9 Å². The van der Waals surface area contributed by atoms with Gasteiger partial charge >= 0.3 is 0 Å². The van der Waals surface area contributed by atoms with E-state index in [0.29, 0.717) is 18.4 Å². The van der Waals surface area contributed by atoms with E-state index in [2.05, 4.69) is 10.2 Å². The first-order valence-corrected chi connectivity index (χ1v) is 7.78. The third kappa shape index (κ3) is 3.25. The lowest BCUT2D eigenvalue weighted by molar-refractivity contribution is -0.133. The summed E-state index contributed by atoms with van der Waals surface area (Å²) in [5.74, 6) is 2.07. The van der Waals surface area contributed by atoms with Crippen molar-refractivity contribution in [3.63, 3.8) is 0 Å². The topological polar surface area (TPSA) is 32.3 Å². The van der Waals surface area contributed by atoms with Gasteiger partial charge in [0.05, 0.1) is 0 Å². The van der Waals surface area contributed by atoms with Crippen LogP contribution in [0, 0.1) is 11.8 Å². The number of carbonyl (C=O) groups excluding carboxylic acids is 1. The van der Waals surface area contributed by atoms with Crippen LogP contribution < -0.4 is 5.32 Å². The van der Waals surface area contributed by atoms with Crippen LogP contribution >= 0.6 is 0 Å². The van der Waals surface area contributed by atoms with E-state index in [1.165, 1.54) is 38.5 Å². The van der Waals surface area contributed by atoms with Gasteiger partial charge in [-0.05, 0) is 37.5 Å². The lowest BCUT2D eigenvalue weighted by atomic mass is 9.89. The van der Waals surface area contributed by atoms with Crippen molar-refractivity contribution in [1.82, 2.24) is 10.2 Å². The molecule has 0 bridgehead atoms. The van der Waals surface area contributed by atoms with Crippen molar-refractivity contribution in [2.45, 2.75) is 64.0 Å². The molecule has 2 unspecified atom stereocenters. The van der Waals surface area contributed by atoms with Crippen molar-refractivity contribution < 1.29 is 4.79 Å². The van der Waals surface area contributed by atoms with E-state index in [9.17, 15) is 4.79 Å². The lowest BCUT2D eigenvalue weighted by Gasteiger charge is -2.38. The Hall–Kier alpha value is -0.570. The fourth-order valence-electron chi connectivity index (χ4n) is 3.33. The largest absolute Gasteiger partial charge is 0.341 e.